The number of rotatable bonds is 7. The molecule has 2 amide bonds. The van der Waals surface area contributed by atoms with Crippen LogP contribution in [0.5, 0.6) is 5.75 Å². The second kappa shape index (κ2) is 8.44. The van der Waals surface area contributed by atoms with Crippen molar-refractivity contribution in [2.45, 2.75) is 13.3 Å². The first-order chi connectivity index (χ1) is 12.6. The highest BCUT2D eigenvalue weighted by molar-refractivity contribution is 7.22. The molecular formula is C19H19N3O3S. The number of hydrogen-bond acceptors (Lipinski definition) is 5. The van der Waals surface area contributed by atoms with Gasteiger partial charge in [0.05, 0.1) is 16.8 Å². The van der Waals surface area contributed by atoms with Crippen LogP contribution in [0.3, 0.4) is 0 Å². The van der Waals surface area contributed by atoms with Crippen LogP contribution >= 0.6 is 11.3 Å². The molecule has 0 aliphatic rings. The summed E-state index contributed by atoms with van der Waals surface area (Å²) in [4.78, 5) is 28.1. The third kappa shape index (κ3) is 4.80. The minimum Gasteiger partial charge on any atom is -0.484 e. The first-order valence-electron chi connectivity index (χ1n) is 8.28. The number of benzene rings is 2. The highest BCUT2D eigenvalue weighted by Gasteiger charge is 2.10. The van der Waals surface area contributed by atoms with E-state index >= 15 is 0 Å². The molecule has 0 aliphatic heterocycles. The molecule has 1 heterocycles. The molecule has 0 saturated heterocycles. The number of nitrogens with zero attached hydrogens (tertiary/aromatic N) is 1. The summed E-state index contributed by atoms with van der Waals surface area (Å²) in [5.41, 5.74) is 2.08. The van der Waals surface area contributed by atoms with Gasteiger partial charge in [-0.3, -0.25) is 9.59 Å². The summed E-state index contributed by atoms with van der Waals surface area (Å²) in [6.07, 6.45) is 0.951. The van der Waals surface area contributed by atoms with Gasteiger partial charge in [-0.15, -0.1) is 0 Å². The first-order valence-corrected chi connectivity index (χ1v) is 9.09. The largest absolute Gasteiger partial charge is 0.484 e. The summed E-state index contributed by atoms with van der Waals surface area (Å²) in [5.74, 6) is -0.0817. The van der Waals surface area contributed by atoms with Gasteiger partial charge < -0.3 is 15.4 Å². The highest BCUT2D eigenvalue weighted by Crippen LogP contribution is 2.26. The van der Waals surface area contributed by atoms with Crippen LogP contribution in [-0.2, 0) is 16.0 Å². The van der Waals surface area contributed by atoms with Gasteiger partial charge in [-0.25, -0.2) is 4.98 Å². The third-order valence-electron chi connectivity index (χ3n) is 3.67. The predicted molar refractivity (Wildman–Crippen MR) is 103 cm³/mol. The van der Waals surface area contributed by atoms with Crippen molar-refractivity contribution in [1.29, 1.82) is 0 Å². The standard InChI is InChI=1S/C19H19N3O3S/c1-2-13-8-9-15-16(10-13)26-19(21-15)22-17(23)11-20-18(24)12-25-14-6-4-3-5-7-14/h3-10H,2,11-12H2,1H3,(H,20,24)(H,21,22,23). The van der Waals surface area contributed by atoms with E-state index in [1.54, 1.807) is 12.1 Å². The molecular weight excluding hydrogens is 350 g/mol. The number of amides is 2. The van der Waals surface area contributed by atoms with Crippen LogP contribution in [0.25, 0.3) is 10.2 Å². The molecule has 0 unspecified atom stereocenters. The van der Waals surface area contributed by atoms with Crippen molar-refractivity contribution < 1.29 is 14.3 Å². The number of aromatic nitrogens is 1. The number of para-hydroxylation sites is 1. The Hall–Kier alpha value is -2.93. The Morgan fingerprint density at radius 1 is 1.12 bits per heavy atom. The maximum Gasteiger partial charge on any atom is 0.258 e. The van der Waals surface area contributed by atoms with Gasteiger partial charge in [0.15, 0.2) is 11.7 Å². The summed E-state index contributed by atoms with van der Waals surface area (Å²) in [6.45, 7) is 1.82. The monoisotopic (exact) mass is 369 g/mol. The van der Waals surface area contributed by atoms with Crippen LogP contribution < -0.4 is 15.4 Å². The fourth-order valence-corrected chi connectivity index (χ4v) is 3.25. The molecule has 2 aromatic carbocycles. The molecule has 26 heavy (non-hydrogen) atoms. The molecule has 0 saturated carbocycles. The molecule has 0 radical (unpaired) electrons. The van der Waals surface area contributed by atoms with Crippen molar-refractivity contribution in [3.05, 3.63) is 54.1 Å². The number of nitrogens with one attached hydrogen (secondary N) is 2. The smallest absolute Gasteiger partial charge is 0.258 e. The molecule has 3 rings (SSSR count). The summed E-state index contributed by atoms with van der Waals surface area (Å²) in [5, 5.41) is 5.76. The van der Waals surface area contributed by atoms with E-state index in [0.717, 1.165) is 16.6 Å². The summed E-state index contributed by atoms with van der Waals surface area (Å²) < 4.78 is 6.35. The fraction of sp³-hybridized carbons (Fsp3) is 0.211. The van der Waals surface area contributed by atoms with E-state index in [4.69, 9.17) is 4.74 Å². The van der Waals surface area contributed by atoms with Gasteiger partial charge in [0.1, 0.15) is 5.75 Å². The molecule has 7 heteroatoms. The molecule has 3 aromatic rings. The van der Waals surface area contributed by atoms with E-state index < -0.39 is 0 Å². The van der Waals surface area contributed by atoms with Crippen molar-refractivity contribution >= 4 is 38.5 Å². The number of hydrogen-bond donors (Lipinski definition) is 2. The third-order valence-corrected chi connectivity index (χ3v) is 4.60. The average Bonchev–Trinajstić information content (AvgIpc) is 3.06. The molecule has 0 aliphatic carbocycles. The Balaban J connectivity index is 1.47. The highest BCUT2D eigenvalue weighted by atomic mass is 32.1. The number of fused-ring (bicyclic) bond motifs is 1. The van der Waals surface area contributed by atoms with E-state index in [2.05, 4.69) is 28.6 Å². The molecule has 0 fully saturated rings. The lowest BCUT2D eigenvalue weighted by Crippen LogP contribution is -2.35. The van der Waals surface area contributed by atoms with Gasteiger partial charge in [-0.1, -0.05) is 42.5 Å². The summed E-state index contributed by atoms with van der Waals surface area (Å²) in [6, 6.07) is 15.1. The van der Waals surface area contributed by atoms with Crippen LogP contribution in [0.1, 0.15) is 12.5 Å². The van der Waals surface area contributed by atoms with Crippen molar-refractivity contribution in [2.75, 3.05) is 18.5 Å². The average molecular weight is 369 g/mol. The zero-order valence-corrected chi connectivity index (χ0v) is 15.1. The van der Waals surface area contributed by atoms with Crippen LogP contribution in [-0.4, -0.2) is 29.9 Å². The van der Waals surface area contributed by atoms with Crippen molar-refractivity contribution in [3.63, 3.8) is 0 Å². The van der Waals surface area contributed by atoms with Gasteiger partial charge in [-0.05, 0) is 36.2 Å². The van der Waals surface area contributed by atoms with E-state index in [-0.39, 0.29) is 25.0 Å². The Bertz CT molecular complexity index is 909. The van der Waals surface area contributed by atoms with Crippen LogP contribution in [0.15, 0.2) is 48.5 Å². The summed E-state index contributed by atoms with van der Waals surface area (Å²) >= 11 is 1.42. The second-order valence-electron chi connectivity index (χ2n) is 5.60. The van der Waals surface area contributed by atoms with Gasteiger partial charge in [0.2, 0.25) is 5.91 Å². The number of ether oxygens (including phenoxy) is 1. The Kier molecular flexibility index (Phi) is 5.80. The van der Waals surface area contributed by atoms with Crippen LogP contribution in [0.4, 0.5) is 5.13 Å². The Labute approximate surface area is 155 Å². The van der Waals surface area contributed by atoms with Crippen molar-refractivity contribution in [3.8, 4) is 5.75 Å². The predicted octanol–water partition coefficient (Wildman–Crippen LogP) is 2.99. The molecule has 1 aromatic heterocycles. The Morgan fingerprint density at radius 2 is 1.92 bits per heavy atom. The molecule has 2 N–H and O–H groups in total. The molecule has 0 spiro atoms. The lowest BCUT2D eigenvalue weighted by Gasteiger charge is -2.07. The van der Waals surface area contributed by atoms with E-state index in [1.807, 2.05) is 30.3 Å². The number of aryl methyl sites for hydroxylation is 1. The van der Waals surface area contributed by atoms with Crippen LogP contribution in [0, 0.1) is 0 Å². The minimum absolute atomic E-state index is 0.132. The maximum absolute atomic E-state index is 12.0. The van der Waals surface area contributed by atoms with Crippen LogP contribution in [0.2, 0.25) is 0 Å². The number of carbonyl (C=O) groups is 2. The molecule has 134 valence electrons. The number of thiazole rings is 1. The molecule has 0 bridgehead atoms. The normalized spacial score (nSPS) is 10.5. The van der Waals surface area contributed by atoms with Gasteiger partial charge >= 0.3 is 0 Å². The summed E-state index contributed by atoms with van der Waals surface area (Å²) in [7, 11) is 0. The zero-order valence-electron chi connectivity index (χ0n) is 14.3. The van der Waals surface area contributed by atoms with E-state index in [0.29, 0.717) is 10.9 Å². The van der Waals surface area contributed by atoms with E-state index in [1.165, 1.54) is 16.9 Å². The lowest BCUT2D eigenvalue weighted by atomic mass is 10.2. The topological polar surface area (TPSA) is 80.3 Å². The van der Waals surface area contributed by atoms with Gasteiger partial charge in [0.25, 0.3) is 5.91 Å². The maximum atomic E-state index is 12.0. The fourth-order valence-electron chi connectivity index (χ4n) is 2.30. The quantitative estimate of drug-likeness (QED) is 0.671. The van der Waals surface area contributed by atoms with Crippen molar-refractivity contribution in [2.24, 2.45) is 0 Å². The SMILES string of the molecule is CCc1ccc2nc(NC(=O)CNC(=O)COc3ccccc3)sc2c1. The number of carbonyl (C=O) groups excluding carboxylic acids is 2. The molecule has 0 atom stereocenters. The molecule has 6 nitrogen and oxygen atoms in total. The van der Waals surface area contributed by atoms with E-state index in [9.17, 15) is 9.59 Å². The Morgan fingerprint density at radius 3 is 2.69 bits per heavy atom. The van der Waals surface area contributed by atoms with Gasteiger partial charge in [-0.2, -0.15) is 0 Å². The lowest BCUT2D eigenvalue weighted by molar-refractivity contribution is -0.125. The first kappa shape index (κ1) is 17.9. The van der Waals surface area contributed by atoms with Crippen molar-refractivity contribution in [1.82, 2.24) is 10.3 Å². The minimum atomic E-state index is -0.360. The van der Waals surface area contributed by atoms with Gasteiger partial charge in [0, 0.05) is 0 Å². The zero-order chi connectivity index (χ0) is 18.4. The second-order valence-corrected chi connectivity index (χ2v) is 6.63. The number of anilines is 1.